The van der Waals surface area contributed by atoms with Crippen LogP contribution in [0.1, 0.15) is 0 Å². The molecule has 0 saturated heterocycles. The molecular weight excluding hydrogens is 271 g/mol. The van der Waals surface area contributed by atoms with Crippen molar-refractivity contribution in [3.63, 3.8) is 0 Å². The van der Waals surface area contributed by atoms with Crippen molar-refractivity contribution in [2.24, 2.45) is 0 Å². The summed E-state index contributed by atoms with van der Waals surface area (Å²) in [6.07, 6.45) is 0. The van der Waals surface area contributed by atoms with Gasteiger partial charge in [-0.3, -0.25) is 0 Å². The Bertz CT molecular complexity index is 469. The predicted octanol–water partition coefficient (Wildman–Crippen LogP) is 4.70. The summed E-state index contributed by atoms with van der Waals surface area (Å²) in [5, 5.41) is 1.44. The van der Waals surface area contributed by atoms with Gasteiger partial charge in [0.25, 0.3) is 0 Å². The van der Waals surface area contributed by atoms with Gasteiger partial charge in [0.2, 0.25) is 0 Å². The largest absolute Gasteiger partial charge is 0.497 e. The van der Waals surface area contributed by atoms with Crippen LogP contribution in [0.15, 0.2) is 48.5 Å². The lowest BCUT2D eigenvalue weighted by Gasteiger charge is -1.96. The average molecular weight is 285 g/mol. The van der Waals surface area contributed by atoms with Gasteiger partial charge < -0.3 is 9.47 Å². The molecule has 2 nitrogen and oxygen atoms in total. The number of benzene rings is 2. The van der Waals surface area contributed by atoms with Gasteiger partial charge >= 0.3 is 0 Å². The first-order valence-corrected chi connectivity index (χ1v) is 6.00. The lowest BCUT2D eigenvalue weighted by Crippen LogP contribution is -1.79. The Kier molecular flexibility index (Phi) is 6.40. The molecule has 0 heterocycles. The number of halogens is 2. The van der Waals surface area contributed by atoms with Crippen molar-refractivity contribution in [3.8, 4) is 11.5 Å². The highest BCUT2D eigenvalue weighted by atomic mass is 35.5. The topological polar surface area (TPSA) is 18.5 Å². The van der Waals surface area contributed by atoms with Crippen LogP contribution in [0.3, 0.4) is 0 Å². The van der Waals surface area contributed by atoms with Crippen molar-refractivity contribution in [2.45, 2.75) is 0 Å². The molecule has 4 heteroatoms. The maximum atomic E-state index is 5.64. The van der Waals surface area contributed by atoms with E-state index in [2.05, 4.69) is 0 Å². The molecule has 0 aliphatic heterocycles. The zero-order valence-corrected chi connectivity index (χ0v) is 11.7. The van der Waals surface area contributed by atoms with Gasteiger partial charge in [-0.2, -0.15) is 0 Å². The van der Waals surface area contributed by atoms with Crippen molar-refractivity contribution < 1.29 is 9.47 Å². The second-order valence-corrected chi connectivity index (χ2v) is 4.19. The van der Waals surface area contributed by atoms with Gasteiger partial charge in [-0.25, -0.2) is 0 Å². The van der Waals surface area contributed by atoms with Crippen molar-refractivity contribution in [1.82, 2.24) is 0 Å². The van der Waals surface area contributed by atoms with Crippen LogP contribution in [-0.2, 0) is 0 Å². The highest BCUT2D eigenvalue weighted by Crippen LogP contribution is 2.16. The lowest BCUT2D eigenvalue weighted by molar-refractivity contribution is 0.414. The number of methoxy groups -OCH3 is 2. The number of rotatable bonds is 2. The Labute approximate surface area is 117 Å². The Hall–Kier alpha value is -1.38. The van der Waals surface area contributed by atoms with E-state index in [1.165, 1.54) is 0 Å². The van der Waals surface area contributed by atoms with Crippen molar-refractivity contribution in [3.05, 3.63) is 58.6 Å². The smallest absolute Gasteiger partial charge is 0.120 e. The summed E-state index contributed by atoms with van der Waals surface area (Å²) >= 11 is 11.3. The molecule has 0 unspecified atom stereocenters. The number of hydrogen-bond acceptors (Lipinski definition) is 2. The molecule has 0 N–H and O–H groups in total. The van der Waals surface area contributed by atoms with Crippen LogP contribution in [0, 0.1) is 0 Å². The van der Waals surface area contributed by atoms with Gasteiger partial charge in [0.1, 0.15) is 11.5 Å². The number of ether oxygens (including phenoxy) is 2. The standard InChI is InChI=1S/2C7H7ClO/c1-9-7-4-2-6(8)3-5-7;1-9-7-4-2-3-6(8)5-7/h2*2-5H,1H3. The van der Waals surface area contributed by atoms with E-state index >= 15 is 0 Å². The van der Waals surface area contributed by atoms with E-state index in [4.69, 9.17) is 32.7 Å². The molecule has 18 heavy (non-hydrogen) atoms. The van der Waals surface area contributed by atoms with Crippen LogP contribution in [0.5, 0.6) is 11.5 Å². The van der Waals surface area contributed by atoms with Gasteiger partial charge in [0, 0.05) is 10.0 Å². The first kappa shape index (κ1) is 14.7. The molecule has 2 rings (SSSR count). The minimum atomic E-state index is 0.703. The van der Waals surface area contributed by atoms with Crippen LogP contribution >= 0.6 is 23.2 Å². The molecule has 0 atom stereocenters. The summed E-state index contributed by atoms with van der Waals surface area (Å²) in [7, 11) is 3.24. The van der Waals surface area contributed by atoms with E-state index in [1.54, 1.807) is 32.4 Å². The third-order valence-corrected chi connectivity index (χ3v) is 2.57. The molecule has 0 aromatic heterocycles. The van der Waals surface area contributed by atoms with Gasteiger partial charge in [-0.15, -0.1) is 0 Å². The summed E-state index contributed by atoms with van der Waals surface area (Å²) < 4.78 is 9.82. The third-order valence-electron chi connectivity index (χ3n) is 2.08. The maximum Gasteiger partial charge on any atom is 0.120 e. The summed E-state index contributed by atoms with van der Waals surface area (Å²) in [6, 6.07) is 14.5. The van der Waals surface area contributed by atoms with E-state index in [0.29, 0.717) is 5.02 Å². The molecule has 0 aliphatic carbocycles. The average Bonchev–Trinajstić information content (AvgIpc) is 2.40. The molecule has 0 saturated carbocycles. The molecule has 2 aromatic rings. The van der Waals surface area contributed by atoms with Gasteiger partial charge in [0.05, 0.1) is 14.2 Å². The molecule has 0 radical (unpaired) electrons. The number of hydrogen-bond donors (Lipinski definition) is 0. The zero-order chi connectivity index (χ0) is 13.4. The fraction of sp³-hybridized carbons (Fsp3) is 0.143. The van der Waals surface area contributed by atoms with E-state index in [9.17, 15) is 0 Å². The predicted molar refractivity (Wildman–Crippen MR) is 76.0 cm³/mol. The molecule has 0 fully saturated rings. The fourth-order valence-corrected chi connectivity index (χ4v) is 1.47. The van der Waals surface area contributed by atoms with E-state index in [0.717, 1.165) is 16.5 Å². The molecule has 2 aromatic carbocycles. The van der Waals surface area contributed by atoms with Gasteiger partial charge in [-0.1, -0.05) is 29.3 Å². The molecule has 0 aliphatic rings. The van der Waals surface area contributed by atoms with Crippen LogP contribution in [0.25, 0.3) is 0 Å². The minimum absolute atomic E-state index is 0.703. The highest BCUT2D eigenvalue weighted by Gasteiger charge is 1.88. The highest BCUT2D eigenvalue weighted by molar-refractivity contribution is 6.30. The Morgan fingerprint density at radius 3 is 1.78 bits per heavy atom. The second kappa shape index (κ2) is 7.85. The minimum Gasteiger partial charge on any atom is -0.497 e. The Morgan fingerprint density at radius 2 is 1.33 bits per heavy atom. The van der Waals surface area contributed by atoms with E-state index < -0.39 is 0 Å². The van der Waals surface area contributed by atoms with Crippen LogP contribution in [0.4, 0.5) is 0 Å². The van der Waals surface area contributed by atoms with Crippen molar-refractivity contribution in [2.75, 3.05) is 14.2 Å². The monoisotopic (exact) mass is 284 g/mol. The molecule has 96 valence electrons. The zero-order valence-electron chi connectivity index (χ0n) is 10.2. The molecule has 0 bridgehead atoms. The lowest BCUT2D eigenvalue weighted by atomic mass is 10.3. The molecule has 0 amide bonds. The summed E-state index contributed by atoms with van der Waals surface area (Å²) in [5.74, 6) is 1.63. The summed E-state index contributed by atoms with van der Waals surface area (Å²) in [6.45, 7) is 0. The van der Waals surface area contributed by atoms with E-state index in [1.807, 2.05) is 30.3 Å². The summed E-state index contributed by atoms with van der Waals surface area (Å²) in [4.78, 5) is 0. The van der Waals surface area contributed by atoms with Crippen molar-refractivity contribution >= 4 is 23.2 Å². The van der Waals surface area contributed by atoms with E-state index in [-0.39, 0.29) is 0 Å². The molecule has 0 spiro atoms. The van der Waals surface area contributed by atoms with Gasteiger partial charge in [-0.05, 0) is 42.5 Å². The summed E-state index contributed by atoms with van der Waals surface area (Å²) in [5.41, 5.74) is 0. The Balaban J connectivity index is 0.000000180. The SMILES string of the molecule is COc1ccc(Cl)cc1.COc1cccc(Cl)c1. The first-order valence-electron chi connectivity index (χ1n) is 5.25. The Morgan fingerprint density at radius 1 is 0.722 bits per heavy atom. The van der Waals surface area contributed by atoms with Crippen molar-refractivity contribution in [1.29, 1.82) is 0 Å². The first-order chi connectivity index (χ1) is 8.65. The van der Waals surface area contributed by atoms with Gasteiger partial charge in [0.15, 0.2) is 0 Å². The molecular formula is C14H14Cl2O2. The maximum absolute atomic E-state index is 5.64. The van der Waals surface area contributed by atoms with Crippen LogP contribution < -0.4 is 9.47 Å². The third kappa shape index (κ3) is 5.30. The quantitative estimate of drug-likeness (QED) is 0.796. The van der Waals surface area contributed by atoms with Crippen LogP contribution in [0.2, 0.25) is 10.0 Å². The normalized spacial score (nSPS) is 9.11. The second-order valence-electron chi connectivity index (χ2n) is 3.32. The van der Waals surface area contributed by atoms with Crippen LogP contribution in [-0.4, -0.2) is 14.2 Å². The fourth-order valence-electron chi connectivity index (χ4n) is 1.16.